The van der Waals surface area contributed by atoms with Crippen LogP contribution >= 0.6 is 0 Å². The SMILES string of the molecule is Bc1ccc(CS(=O)Cc2ccccc2)cc1F. The van der Waals surface area contributed by atoms with Crippen LogP contribution in [0.3, 0.4) is 0 Å². The standard InChI is InChI=1S/C14H14BFOS/c15-13-7-6-12(8-14(13)16)10-18(17)9-11-4-2-1-3-5-11/h1-8H,9-10,15H2. The van der Waals surface area contributed by atoms with Gasteiger partial charge in [-0.3, -0.25) is 4.21 Å². The molecule has 1 unspecified atom stereocenters. The predicted octanol–water partition coefficient (Wildman–Crippen LogP) is 1.53. The van der Waals surface area contributed by atoms with Crippen molar-refractivity contribution in [2.45, 2.75) is 11.5 Å². The molecule has 2 aromatic rings. The van der Waals surface area contributed by atoms with Gasteiger partial charge in [0.05, 0.1) is 0 Å². The second-order valence-corrected chi connectivity index (χ2v) is 5.75. The Balaban J connectivity index is 2.01. The summed E-state index contributed by atoms with van der Waals surface area (Å²) in [4.78, 5) is 0. The van der Waals surface area contributed by atoms with Crippen LogP contribution in [0.1, 0.15) is 11.1 Å². The lowest BCUT2D eigenvalue weighted by molar-refractivity contribution is 0.634. The number of hydrogen-bond donors (Lipinski definition) is 0. The van der Waals surface area contributed by atoms with E-state index in [0.29, 0.717) is 17.0 Å². The van der Waals surface area contributed by atoms with Crippen LogP contribution in [0, 0.1) is 5.82 Å². The van der Waals surface area contributed by atoms with Crippen LogP contribution in [-0.4, -0.2) is 12.1 Å². The van der Waals surface area contributed by atoms with Gasteiger partial charge in [-0.15, -0.1) is 0 Å². The molecule has 0 saturated heterocycles. The molecule has 0 aliphatic carbocycles. The Morgan fingerprint density at radius 3 is 2.33 bits per heavy atom. The quantitative estimate of drug-likeness (QED) is 0.762. The van der Waals surface area contributed by atoms with E-state index < -0.39 is 10.8 Å². The maximum Gasteiger partial charge on any atom is 0.143 e. The number of hydrogen-bond acceptors (Lipinski definition) is 1. The third-order valence-electron chi connectivity index (χ3n) is 2.73. The highest BCUT2D eigenvalue weighted by Crippen LogP contribution is 2.09. The van der Waals surface area contributed by atoms with E-state index in [1.54, 1.807) is 13.9 Å². The lowest BCUT2D eigenvalue weighted by Crippen LogP contribution is -2.09. The number of benzene rings is 2. The molecule has 0 aromatic heterocycles. The molecule has 92 valence electrons. The van der Waals surface area contributed by atoms with Gasteiger partial charge in [0.25, 0.3) is 0 Å². The summed E-state index contributed by atoms with van der Waals surface area (Å²) in [5, 5.41) is 0. The molecule has 0 aliphatic heterocycles. The first kappa shape index (κ1) is 13.0. The van der Waals surface area contributed by atoms with Crippen molar-refractivity contribution < 1.29 is 8.60 Å². The Morgan fingerprint density at radius 2 is 1.67 bits per heavy atom. The Morgan fingerprint density at radius 1 is 1.00 bits per heavy atom. The molecule has 0 bridgehead atoms. The Labute approximate surface area is 110 Å². The van der Waals surface area contributed by atoms with Gasteiger partial charge in [0, 0.05) is 22.3 Å². The average Bonchev–Trinajstić information content (AvgIpc) is 2.35. The third kappa shape index (κ3) is 3.54. The lowest BCUT2D eigenvalue weighted by atomic mass is 9.95. The summed E-state index contributed by atoms with van der Waals surface area (Å²) in [6.45, 7) is 0. The summed E-state index contributed by atoms with van der Waals surface area (Å²) in [5.41, 5.74) is 2.45. The zero-order valence-electron chi connectivity index (χ0n) is 10.2. The van der Waals surface area contributed by atoms with Crippen molar-refractivity contribution in [1.29, 1.82) is 0 Å². The van der Waals surface area contributed by atoms with Crippen molar-refractivity contribution in [2.24, 2.45) is 0 Å². The van der Waals surface area contributed by atoms with E-state index in [1.165, 1.54) is 6.07 Å². The molecule has 18 heavy (non-hydrogen) atoms. The molecule has 0 heterocycles. The maximum absolute atomic E-state index is 13.4. The van der Waals surface area contributed by atoms with Crippen molar-refractivity contribution in [3.63, 3.8) is 0 Å². The minimum atomic E-state index is -1.00. The van der Waals surface area contributed by atoms with Crippen molar-refractivity contribution in [2.75, 3.05) is 0 Å². The lowest BCUT2D eigenvalue weighted by Gasteiger charge is -2.04. The highest BCUT2D eigenvalue weighted by atomic mass is 32.2. The third-order valence-corrected chi connectivity index (χ3v) is 4.04. The highest BCUT2D eigenvalue weighted by Gasteiger charge is 2.05. The van der Waals surface area contributed by atoms with Crippen LogP contribution in [0.4, 0.5) is 4.39 Å². The van der Waals surface area contributed by atoms with Crippen molar-refractivity contribution in [1.82, 2.24) is 0 Å². The van der Waals surface area contributed by atoms with Gasteiger partial charge < -0.3 is 0 Å². The molecule has 0 saturated carbocycles. The summed E-state index contributed by atoms with van der Waals surface area (Å²) in [7, 11) is 0.719. The van der Waals surface area contributed by atoms with Crippen LogP contribution in [0.25, 0.3) is 0 Å². The zero-order chi connectivity index (χ0) is 13.0. The summed E-state index contributed by atoms with van der Waals surface area (Å²) in [6.07, 6.45) is 0. The molecule has 0 spiro atoms. The Kier molecular flexibility index (Phi) is 4.31. The normalized spacial score (nSPS) is 12.3. The van der Waals surface area contributed by atoms with E-state index in [2.05, 4.69) is 0 Å². The van der Waals surface area contributed by atoms with Crippen molar-refractivity contribution in [3.05, 3.63) is 65.5 Å². The van der Waals surface area contributed by atoms with Gasteiger partial charge in [-0.1, -0.05) is 47.9 Å². The molecule has 1 atom stereocenters. The van der Waals surface area contributed by atoms with Gasteiger partial charge >= 0.3 is 0 Å². The first-order chi connectivity index (χ1) is 8.65. The van der Waals surface area contributed by atoms with E-state index in [4.69, 9.17) is 0 Å². The fraction of sp³-hybridized carbons (Fsp3) is 0.143. The first-order valence-corrected chi connectivity index (χ1v) is 7.28. The van der Waals surface area contributed by atoms with Crippen LogP contribution in [0.2, 0.25) is 0 Å². The molecule has 2 rings (SSSR count). The van der Waals surface area contributed by atoms with Crippen LogP contribution in [0.15, 0.2) is 48.5 Å². The average molecular weight is 260 g/mol. The van der Waals surface area contributed by atoms with Crippen LogP contribution < -0.4 is 5.46 Å². The van der Waals surface area contributed by atoms with E-state index in [-0.39, 0.29) is 5.82 Å². The van der Waals surface area contributed by atoms with Gasteiger partial charge in [-0.25, -0.2) is 4.39 Å². The molecule has 0 aliphatic rings. The molecule has 0 N–H and O–H groups in total. The van der Waals surface area contributed by atoms with E-state index in [0.717, 1.165) is 11.1 Å². The monoisotopic (exact) mass is 260 g/mol. The molecular weight excluding hydrogens is 246 g/mol. The summed E-state index contributed by atoms with van der Waals surface area (Å²) in [6, 6.07) is 14.7. The summed E-state index contributed by atoms with van der Waals surface area (Å²) < 4.78 is 25.3. The summed E-state index contributed by atoms with van der Waals surface area (Å²) in [5.74, 6) is 0.673. The molecule has 0 amide bonds. The van der Waals surface area contributed by atoms with Crippen molar-refractivity contribution in [3.8, 4) is 0 Å². The Bertz CT molecular complexity index is 557. The second-order valence-electron chi connectivity index (χ2n) is 4.30. The molecule has 4 heteroatoms. The largest absolute Gasteiger partial charge is 0.259 e. The predicted molar refractivity (Wildman–Crippen MR) is 76.6 cm³/mol. The van der Waals surface area contributed by atoms with Gasteiger partial charge in [-0.05, 0) is 17.2 Å². The van der Waals surface area contributed by atoms with Gasteiger partial charge in [0.15, 0.2) is 0 Å². The maximum atomic E-state index is 13.4. The smallest absolute Gasteiger partial charge is 0.143 e. The molecule has 1 nitrogen and oxygen atoms in total. The number of rotatable bonds is 4. The first-order valence-electron chi connectivity index (χ1n) is 5.79. The minimum Gasteiger partial charge on any atom is -0.259 e. The Hall–Kier alpha value is -1.42. The summed E-state index contributed by atoms with van der Waals surface area (Å²) >= 11 is 0. The van der Waals surface area contributed by atoms with E-state index in [9.17, 15) is 8.60 Å². The van der Waals surface area contributed by atoms with Gasteiger partial charge in [0.2, 0.25) is 0 Å². The van der Waals surface area contributed by atoms with Crippen molar-refractivity contribution >= 4 is 24.1 Å². The fourth-order valence-corrected chi connectivity index (χ4v) is 2.94. The molecule has 0 fully saturated rings. The molecule has 2 aromatic carbocycles. The molecule has 0 radical (unpaired) electrons. The minimum absolute atomic E-state index is 0.232. The fourth-order valence-electron chi connectivity index (χ4n) is 1.72. The van der Waals surface area contributed by atoms with E-state index in [1.807, 2.05) is 36.4 Å². The van der Waals surface area contributed by atoms with E-state index >= 15 is 0 Å². The molecular formula is C14H14BFOS. The zero-order valence-corrected chi connectivity index (χ0v) is 11.0. The highest BCUT2D eigenvalue weighted by molar-refractivity contribution is 7.83. The number of halogens is 1. The van der Waals surface area contributed by atoms with Gasteiger partial charge in [-0.2, -0.15) is 0 Å². The van der Waals surface area contributed by atoms with Gasteiger partial charge in [0.1, 0.15) is 13.7 Å². The van der Waals surface area contributed by atoms with Crippen LogP contribution in [-0.2, 0) is 22.3 Å². The second kappa shape index (κ2) is 5.96. The van der Waals surface area contributed by atoms with Crippen LogP contribution in [0.5, 0.6) is 0 Å². The topological polar surface area (TPSA) is 17.1 Å².